The Labute approximate surface area is 199 Å². The number of carbonyl (C=O) groups is 1. The lowest BCUT2D eigenvalue weighted by Gasteiger charge is -2.34. The molecule has 1 N–H and O–H groups in total. The van der Waals surface area contributed by atoms with E-state index in [1.165, 1.54) is 18.6 Å². The molecule has 0 radical (unpaired) electrons. The van der Waals surface area contributed by atoms with Crippen molar-refractivity contribution in [2.24, 2.45) is 11.8 Å². The number of rotatable bonds is 4. The first-order chi connectivity index (χ1) is 16.4. The monoisotopic (exact) mass is 456 g/mol. The fraction of sp³-hybridized carbons (Fsp3) is 0.321. The third-order valence-corrected chi connectivity index (χ3v) is 7.19. The molecule has 34 heavy (non-hydrogen) atoms. The predicted molar refractivity (Wildman–Crippen MR) is 132 cm³/mol. The number of nitrogens with zero attached hydrogens (tertiary/aromatic N) is 3. The van der Waals surface area contributed by atoms with E-state index in [0.29, 0.717) is 28.9 Å². The third-order valence-electron chi connectivity index (χ3n) is 7.19. The molecule has 0 aliphatic heterocycles. The summed E-state index contributed by atoms with van der Waals surface area (Å²) in [5, 5.41) is 8.90. The van der Waals surface area contributed by atoms with Gasteiger partial charge in [-0.2, -0.15) is 5.10 Å². The Balaban J connectivity index is 1.62. The molecule has 3 unspecified atom stereocenters. The second-order valence-electron chi connectivity index (χ2n) is 9.48. The van der Waals surface area contributed by atoms with Gasteiger partial charge in [0.05, 0.1) is 11.1 Å². The van der Waals surface area contributed by atoms with Gasteiger partial charge in [0.2, 0.25) is 0 Å². The highest BCUT2D eigenvalue weighted by Gasteiger charge is 2.29. The zero-order valence-corrected chi connectivity index (χ0v) is 19.8. The molecule has 6 heteroatoms. The van der Waals surface area contributed by atoms with Crippen LogP contribution in [0.5, 0.6) is 0 Å². The van der Waals surface area contributed by atoms with E-state index < -0.39 is 0 Å². The highest BCUT2D eigenvalue weighted by Crippen LogP contribution is 2.33. The Morgan fingerprint density at radius 2 is 1.85 bits per heavy atom. The first-order valence-corrected chi connectivity index (χ1v) is 11.9. The predicted octanol–water partition coefficient (Wildman–Crippen LogP) is 6.09. The average molecular weight is 457 g/mol. The van der Waals surface area contributed by atoms with E-state index in [4.69, 9.17) is 10.1 Å². The zero-order chi connectivity index (χ0) is 23.8. The maximum atomic E-state index is 14.1. The number of aryl methyl sites for hydroxylation is 1. The van der Waals surface area contributed by atoms with Gasteiger partial charge in [-0.05, 0) is 55.0 Å². The molecule has 174 valence electrons. The molecule has 1 fully saturated rings. The normalized spacial score (nSPS) is 20.4. The summed E-state index contributed by atoms with van der Waals surface area (Å²) in [5.41, 5.74) is 4.06. The van der Waals surface area contributed by atoms with Gasteiger partial charge in [0.25, 0.3) is 5.91 Å². The van der Waals surface area contributed by atoms with Gasteiger partial charge >= 0.3 is 0 Å². The summed E-state index contributed by atoms with van der Waals surface area (Å²) in [4.78, 5) is 18.0. The van der Waals surface area contributed by atoms with Crippen molar-refractivity contribution in [1.82, 2.24) is 20.1 Å². The van der Waals surface area contributed by atoms with Crippen molar-refractivity contribution in [1.29, 1.82) is 0 Å². The van der Waals surface area contributed by atoms with Crippen LogP contribution in [0.4, 0.5) is 4.39 Å². The molecular weight excluding hydrogens is 427 g/mol. The average Bonchev–Trinajstić information content (AvgIpc) is 3.23. The molecule has 2 aromatic heterocycles. The number of nitrogens with one attached hydrogen (secondary N) is 1. The van der Waals surface area contributed by atoms with E-state index >= 15 is 0 Å². The maximum absolute atomic E-state index is 14.1. The second kappa shape index (κ2) is 9.01. The fourth-order valence-electron chi connectivity index (χ4n) is 5.03. The number of carbonyl (C=O) groups excluding carboxylic acids is 1. The van der Waals surface area contributed by atoms with Crippen LogP contribution < -0.4 is 5.32 Å². The molecular formula is C28H29FN4O. The Morgan fingerprint density at radius 1 is 1.06 bits per heavy atom. The molecule has 5 nitrogen and oxygen atoms in total. The van der Waals surface area contributed by atoms with Crippen molar-refractivity contribution in [2.45, 2.75) is 46.1 Å². The Bertz CT molecular complexity index is 1350. The fourth-order valence-corrected chi connectivity index (χ4v) is 5.03. The molecule has 1 aliphatic rings. The summed E-state index contributed by atoms with van der Waals surface area (Å²) in [6.45, 7) is 6.43. The van der Waals surface area contributed by atoms with Gasteiger partial charge < -0.3 is 5.32 Å². The van der Waals surface area contributed by atoms with Crippen molar-refractivity contribution in [3.05, 3.63) is 77.7 Å². The molecule has 1 amide bonds. The lowest BCUT2D eigenvalue weighted by molar-refractivity contribution is 0.0886. The first kappa shape index (κ1) is 22.3. The van der Waals surface area contributed by atoms with E-state index in [1.54, 1.807) is 16.8 Å². The van der Waals surface area contributed by atoms with Crippen molar-refractivity contribution in [2.75, 3.05) is 0 Å². The molecule has 0 saturated heterocycles. The zero-order valence-electron chi connectivity index (χ0n) is 19.8. The number of hydrogen-bond acceptors (Lipinski definition) is 3. The molecule has 0 spiro atoms. The lowest BCUT2D eigenvalue weighted by Crippen LogP contribution is -2.44. The van der Waals surface area contributed by atoms with E-state index in [9.17, 15) is 9.18 Å². The van der Waals surface area contributed by atoms with Gasteiger partial charge in [0.15, 0.2) is 5.65 Å². The van der Waals surface area contributed by atoms with Crippen LogP contribution in [0, 0.1) is 24.6 Å². The first-order valence-electron chi connectivity index (χ1n) is 11.9. The van der Waals surface area contributed by atoms with Crippen molar-refractivity contribution in [3.8, 4) is 16.9 Å². The number of fused-ring (bicyclic) bond motifs is 1. The van der Waals surface area contributed by atoms with Crippen LogP contribution in [-0.4, -0.2) is 26.7 Å². The van der Waals surface area contributed by atoms with Crippen molar-refractivity contribution in [3.63, 3.8) is 0 Å². The smallest absolute Gasteiger partial charge is 0.270 e. The highest BCUT2D eigenvalue weighted by atomic mass is 19.1. The van der Waals surface area contributed by atoms with Crippen molar-refractivity contribution >= 4 is 16.9 Å². The summed E-state index contributed by atoms with van der Waals surface area (Å²) in [7, 11) is 0. The molecule has 2 aromatic carbocycles. The SMILES string of the molecule is Cc1cc(C(=O)NC2CCCC(C)C2C)nc2c1c(-c1ccccc1)nn2-c1cccc(F)c1. The van der Waals surface area contributed by atoms with Crippen LogP contribution >= 0.6 is 0 Å². The summed E-state index contributed by atoms with van der Waals surface area (Å²) < 4.78 is 15.7. The topological polar surface area (TPSA) is 59.8 Å². The van der Waals surface area contributed by atoms with E-state index in [2.05, 4.69) is 19.2 Å². The quantitative estimate of drug-likeness (QED) is 0.404. The third kappa shape index (κ3) is 4.09. The molecule has 5 rings (SSSR count). The molecule has 0 bridgehead atoms. The van der Waals surface area contributed by atoms with E-state index in [0.717, 1.165) is 35.0 Å². The number of aromatic nitrogens is 3. The minimum Gasteiger partial charge on any atom is -0.348 e. The van der Waals surface area contributed by atoms with Gasteiger partial charge in [-0.15, -0.1) is 0 Å². The van der Waals surface area contributed by atoms with Gasteiger partial charge in [0, 0.05) is 11.6 Å². The van der Waals surface area contributed by atoms with E-state index in [1.807, 2.05) is 43.3 Å². The standard InChI is InChI=1S/C28H29FN4O/c1-17-9-7-14-23(19(17)3)31-28(34)24-15-18(2)25-26(20-10-5-4-6-11-20)32-33(27(25)30-24)22-13-8-12-21(29)16-22/h4-6,8,10-13,15-17,19,23H,7,9,14H2,1-3H3,(H,31,34). The summed E-state index contributed by atoms with van der Waals surface area (Å²) in [6, 6.07) is 18.1. The van der Waals surface area contributed by atoms with E-state index in [-0.39, 0.29) is 17.8 Å². The van der Waals surface area contributed by atoms with Crippen molar-refractivity contribution < 1.29 is 9.18 Å². The minimum absolute atomic E-state index is 0.141. The van der Waals surface area contributed by atoms with Gasteiger partial charge in [-0.3, -0.25) is 4.79 Å². The number of pyridine rings is 1. The van der Waals surface area contributed by atoms with Crippen LogP contribution in [0.15, 0.2) is 60.7 Å². The molecule has 3 atom stereocenters. The Morgan fingerprint density at radius 3 is 2.62 bits per heavy atom. The number of hydrogen-bond donors (Lipinski definition) is 1. The summed E-state index contributed by atoms with van der Waals surface area (Å²) >= 11 is 0. The largest absolute Gasteiger partial charge is 0.348 e. The lowest BCUT2D eigenvalue weighted by atomic mass is 9.78. The number of amides is 1. The highest BCUT2D eigenvalue weighted by molar-refractivity contribution is 5.99. The number of benzene rings is 2. The Hall–Kier alpha value is -3.54. The number of halogens is 1. The summed E-state index contributed by atoms with van der Waals surface area (Å²) in [6.07, 6.45) is 3.30. The van der Waals surface area contributed by atoms with Crippen LogP contribution in [0.2, 0.25) is 0 Å². The van der Waals surface area contributed by atoms with Gasteiger partial charge in [-0.25, -0.2) is 14.1 Å². The van der Waals surface area contributed by atoms with Gasteiger partial charge in [-0.1, -0.05) is 63.1 Å². The van der Waals surface area contributed by atoms with Crippen LogP contribution in [-0.2, 0) is 0 Å². The summed E-state index contributed by atoms with van der Waals surface area (Å²) in [5.74, 6) is 0.474. The van der Waals surface area contributed by atoms with Crippen LogP contribution in [0.3, 0.4) is 0 Å². The van der Waals surface area contributed by atoms with Gasteiger partial charge in [0.1, 0.15) is 17.2 Å². The minimum atomic E-state index is -0.353. The molecule has 1 aliphatic carbocycles. The van der Waals surface area contributed by atoms with Crippen LogP contribution in [0.1, 0.15) is 49.2 Å². The molecule has 2 heterocycles. The van der Waals surface area contributed by atoms with Crippen LogP contribution in [0.25, 0.3) is 28.0 Å². The molecule has 1 saturated carbocycles. The maximum Gasteiger partial charge on any atom is 0.270 e. The molecule has 4 aromatic rings. The Kier molecular flexibility index (Phi) is 5.90. The second-order valence-corrected chi connectivity index (χ2v) is 9.48.